The topological polar surface area (TPSA) is 98.6 Å². The SMILES string of the molecule is Cc1ccccc1Cc1noc(COc2coc(CO)cc2=O)n1. The number of aromatic nitrogens is 2. The molecule has 3 aromatic rings. The van der Waals surface area contributed by atoms with Crippen molar-refractivity contribution in [2.75, 3.05) is 0 Å². The summed E-state index contributed by atoms with van der Waals surface area (Å²) in [5.74, 6) is 1.01. The first kappa shape index (κ1) is 15.9. The maximum absolute atomic E-state index is 11.7. The molecule has 0 atom stereocenters. The van der Waals surface area contributed by atoms with Gasteiger partial charge >= 0.3 is 0 Å². The van der Waals surface area contributed by atoms with E-state index in [4.69, 9.17) is 18.8 Å². The van der Waals surface area contributed by atoms with Crippen LogP contribution in [0.25, 0.3) is 0 Å². The van der Waals surface area contributed by atoms with Crippen LogP contribution in [0, 0.1) is 6.92 Å². The Labute approximate surface area is 137 Å². The Morgan fingerprint density at radius 2 is 2.12 bits per heavy atom. The van der Waals surface area contributed by atoms with Crippen LogP contribution in [0.15, 0.2) is 50.3 Å². The van der Waals surface area contributed by atoms with Crippen LogP contribution in [-0.4, -0.2) is 15.2 Å². The fraction of sp³-hybridized carbons (Fsp3) is 0.235. The molecule has 0 amide bonds. The van der Waals surface area contributed by atoms with Crippen molar-refractivity contribution in [3.05, 3.63) is 75.4 Å². The lowest BCUT2D eigenvalue weighted by atomic mass is 10.1. The summed E-state index contributed by atoms with van der Waals surface area (Å²) in [5, 5.41) is 12.8. The molecule has 0 saturated carbocycles. The van der Waals surface area contributed by atoms with Crippen molar-refractivity contribution in [1.82, 2.24) is 10.1 Å². The lowest BCUT2D eigenvalue weighted by Crippen LogP contribution is -2.08. The van der Waals surface area contributed by atoms with E-state index in [-0.39, 0.29) is 36.0 Å². The van der Waals surface area contributed by atoms with Gasteiger partial charge in [-0.3, -0.25) is 4.79 Å². The first-order valence-electron chi connectivity index (χ1n) is 7.37. The van der Waals surface area contributed by atoms with E-state index in [1.54, 1.807) is 0 Å². The second kappa shape index (κ2) is 7.10. The summed E-state index contributed by atoms with van der Waals surface area (Å²) in [5.41, 5.74) is 1.89. The second-order valence-electron chi connectivity index (χ2n) is 5.23. The lowest BCUT2D eigenvalue weighted by Gasteiger charge is -2.02. The van der Waals surface area contributed by atoms with Gasteiger partial charge in [0.25, 0.3) is 5.89 Å². The zero-order chi connectivity index (χ0) is 16.9. The molecular weight excluding hydrogens is 312 g/mol. The molecule has 1 aromatic carbocycles. The highest BCUT2D eigenvalue weighted by Gasteiger charge is 2.11. The van der Waals surface area contributed by atoms with Gasteiger partial charge in [-0.1, -0.05) is 29.4 Å². The lowest BCUT2D eigenvalue weighted by molar-refractivity contribution is 0.222. The average molecular weight is 328 g/mol. The molecule has 0 unspecified atom stereocenters. The number of ether oxygens (including phenoxy) is 1. The van der Waals surface area contributed by atoms with Crippen LogP contribution in [0.4, 0.5) is 0 Å². The van der Waals surface area contributed by atoms with Crippen LogP contribution in [0.1, 0.15) is 28.6 Å². The zero-order valence-electron chi connectivity index (χ0n) is 13.1. The van der Waals surface area contributed by atoms with Gasteiger partial charge in [-0.15, -0.1) is 0 Å². The van der Waals surface area contributed by atoms with Crippen molar-refractivity contribution in [2.45, 2.75) is 26.6 Å². The summed E-state index contributed by atoms with van der Waals surface area (Å²) < 4.78 is 15.5. The van der Waals surface area contributed by atoms with Crippen molar-refractivity contribution in [3.63, 3.8) is 0 Å². The van der Waals surface area contributed by atoms with E-state index in [9.17, 15) is 4.79 Å². The highest BCUT2D eigenvalue weighted by Crippen LogP contribution is 2.13. The van der Waals surface area contributed by atoms with Crippen molar-refractivity contribution < 1.29 is 18.8 Å². The van der Waals surface area contributed by atoms with E-state index in [2.05, 4.69) is 10.1 Å². The Kier molecular flexibility index (Phi) is 4.72. The standard InChI is InChI=1S/C17H16N2O5/c1-11-4-2-3-5-12(11)6-16-18-17(24-19-16)10-23-15-9-22-13(8-20)7-14(15)21/h2-5,7,9,20H,6,8,10H2,1H3. The van der Waals surface area contributed by atoms with Crippen LogP contribution in [0.5, 0.6) is 5.75 Å². The summed E-state index contributed by atoms with van der Waals surface area (Å²) in [6.07, 6.45) is 1.71. The summed E-state index contributed by atoms with van der Waals surface area (Å²) in [7, 11) is 0. The third kappa shape index (κ3) is 3.69. The minimum Gasteiger partial charge on any atom is -0.477 e. The average Bonchev–Trinajstić information content (AvgIpc) is 3.03. The number of rotatable bonds is 6. The summed E-state index contributed by atoms with van der Waals surface area (Å²) in [6.45, 7) is 1.64. The smallest absolute Gasteiger partial charge is 0.264 e. The number of aryl methyl sites for hydroxylation is 1. The Hall–Kier alpha value is -2.93. The Morgan fingerprint density at radius 3 is 2.88 bits per heavy atom. The van der Waals surface area contributed by atoms with Crippen LogP contribution in [0.3, 0.4) is 0 Å². The van der Waals surface area contributed by atoms with E-state index < -0.39 is 0 Å². The monoisotopic (exact) mass is 328 g/mol. The quantitative estimate of drug-likeness (QED) is 0.738. The van der Waals surface area contributed by atoms with Crippen LogP contribution >= 0.6 is 0 Å². The molecule has 0 bridgehead atoms. The highest BCUT2D eigenvalue weighted by molar-refractivity contribution is 5.28. The van der Waals surface area contributed by atoms with E-state index in [1.165, 1.54) is 6.07 Å². The predicted molar refractivity (Wildman–Crippen MR) is 83.5 cm³/mol. The van der Waals surface area contributed by atoms with Crippen molar-refractivity contribution in [3.8, 4) is 5.75 Å². The van der Waals surface area contributed by atoms with Gasteiger partial charge in [0.05, 0.1) is 0 Å². The molecule has 24 heavy (non-hydrogen) atoms. The summed E-state index contributed by atoms with van der Waals surface area (Å²) in [4.78, 5) is 16.0. The molecule has 0 aliphatic carbocycles. The number of benzene rings is 1. The molecule has 0 spiro atoms. The molecule has 0 aliphatic rings. The predicted octanol–water partition coefficient (Wildman–Crippen LogP) is 1.99. The zero-order valence-corrected chi connectivity index (χ0v) is 13.1. The normalized spacial score (nSPS) is 10.8. The Morgan fingerprint density at radius 1 is 1.29 bits per heavy atom. The van der Waals surface area contributed by atoms with Crippen molar-refractivity contribution in [1.29, 1.82) is 0 Å². The molecule has 2 aromatic heterocycles. The maximum Gasteiger partial charge on any atom is 0.264 e. The number of aliphatic hydroxyl groups excluding tert-OH is 1. The molecule has 0 saturated heterocycles. The fourth-order valence-corrected chi connectivity index (χ4v) is 2.17. The van der Waals surface area contributed by atoms with Crippen molar-refractivity contribution in [2.24, 2.45) is 0 Å². The number of aliphatic hydroxyl groups is 1. The van der Waals surface area contributed by atoms with Gasteiger partial charge in [-0.2, -0.15) is 4.98 Å². The Balaban J connectivity index is 1.64. The molecule has 0 aliphatic heterocycles. The molecule has 2 heterocycles. The molecule has 7 nitrogen and oxygen atoms in total. The largest absolute Gasteiger partial charge is 0.477 e. The van der Waals surface area contributed by atoms with E-state index in [0.717, 1.165) is 17.4 Å². The van der Waals surface area contributed by atoms with Gasteiger partial charge in [-0.25, -0.2) is 0 Å². The van der Waals surface area contributed by atoms with Crippen molar-refractivity contribution >= 4 is 0 Å². The molecule has 124 valence electrons. The Bertz CT molecular complexity index is 884. The third-order valence-electron chi connectivity index (χ3n) is 3.48. The van der Waals surface area contributed by atoms with Crippen LogP contribution in [0.2, 0.25) is 0 Å². The van der Waals surface area contributed by atoms with Crippen LogP contribution in [-0.2, 0) is 19.6 Å². The molecule has 3 rings (SSSR count). The number of hydrogen-bond donors (Lipinski definition) is 1. The van der Waals surface area contributed by atoms with Gasteiger partial charge in [0, 0.05) is 12.5 Å². The van der Waals surface area contributed by atoms with Gasteiger partial charge in [0.1, 0.15) is 18.6 Å². The first-order valence-corrected chi connectivity index (χ1v) is 7.37. The first-order chi connectivity index (χ1) is 11.7. The maximum atomic E-state index is 11.7. The van der Waals surface area contributed by atoms with E-state index in [1.807, 2.05) is 31.2 Å². The van der Waals surface area contributed by atoms with E-state index in [0.29, 0.717) is 12.2 Å². The fourth-order valence-electron chi connectivity index (χ4n) is 2.17. The molecule has 7 heteroatoms. The second-order valence-corrected chi connectivity index (χ2v) is 5.23. The van der Waals surface area contributed by atoms with Gasteiger partial charge in [0.15, 0.2) is 12.4 Å². The molecule has 0 fully saturated rings. The third-order valence-corrected chi connectivity index (χ3v) is 3.48. The molecule has 0 radical (unpaired) electrons. The summed E-state index contributed by atoms with van der Waals surface area (Å²) in [6, 6.07) is 9.14. The van der Waals surface area contributed by atoms with Gasteiger partial charge in [0.2, 0.25) is 11.2 Å². The van der Waals surface area contributed by atoms with E-state index >= 15 is 0 Å². The van der Waals surface area contributed by atoms with Gasteiger partial charge < -0.3 is 18.8 Å². The molecular formula is C17H16N2O5. The number of nitrogens with zero attached hydrogens (tertiary/aromatic N) is 2. The highest BCUT2D eigenvalue weighted by atomic mass is 16.5. The van der Waals surface area contributed by atoms with Crippen LogP contribution < -0.4 is 10.2 Å². The minimum absolute atomic E-state index is 0.0193. The minimum atomic E-state index is -0.384. The molecule has 1 N–H and O–H groups in total. The number of hydrogen-bond acceptors (Lipinski definition) is 7. The summed E-state index contributed by atoms with van der Waals surface area (Å²) >= 11 is 0. The van der Waals surface area contributed by atoms with Gasteiger partial charge in [-0.05, 0) is 18.1 Å².